The number of carboxylic acid groups (broad SMARTS) is 1. The number of hydrogen-bond acceptors (Lipinski definition) is 3. The first kappa shape index (κ1) is 17.3. The molecule has 1 aromatic carbocycles. The minimum absolute atomic E-state index is 0.304. The molecule has 1 unspecified atom stereocenters. The Kier molecular flexibility index (Phi) is 5.77. The van der Waals surface area contributed by atoms with Crippen LogP contribution in [0.2, 0.25) is 0 Å². The van der Waals surface area contributed by atoms with Gasteiger partial charge in [-0.3, -0.25) is 9.69 Å². The molecule has 24 heavy (non-hydrogen) atoms. The summed E-state index contributed by atoms with van der Waals surface area (Å²) >= 11 is 0. The molecule has 4 heteroatoms. The lowest BCUT2D eigenvalue weighted by Gasteiger charge is -2.36. The van der Waals surface area contributed by atoms with Gasteiger partial charge < -0.3 is 9.84 Å². The summed E-state index contributed by atoms with van der Waals surface area (Å²) in [5, 5.41) is 9.09. The van der Waals surface area contributed by atoms with Crippen molar-refractivity contribution in [3.8, 4) is 5.75 Å². The van der Waals surface area contributed by atoms with Crippen LogP contribution in [-0.4, -0.2) is 41.7 Å². The van der Waals surface area contributed by atoms with Crippen LogP contribution in [0.15, 0.2) is 18.2 Å². The number of hydrogen-bond donors (Lipinski definition) is 1. The third kappa shape index (κ3) is 4.10. The van der Waals surface area contributed by atoms with E-state index in [1.54, 1.807) is 0 Å². The van der Waals surface area contributed by atoms with Crippen LogP contribution in [0.4, 0.5) is 0 Å². The Labute approximate surface area is 144 Å². The van der Waals surface area contributed by atoms with Crippen LogP contribution in [0.5, 0.6) is 5.75 Å². The van der Waals surface area contributed by atoms with Crippen LogP contribution >= 0.6 is 0 Å². The molecule has 3 rings (SSSR count). The van der Waals surface area contributed by atoms with Crippen molar-refractivity contribution in [1.82, 2.24) is 4.90 Å². The van der Waals surface area contributed by atoms with Gasteiger partial charge in [-0.25, -0.2) is 0 Å². The first-order valence-corrected chi connectivity index (χ1v) is 9.39. The fourth-order valence-corrected chi connectivity index (χ4v) is 3.75. The quantitative estimate of drug-likeness (QED) is 0.830. The topological polar surface area (TPSA) is 49.8 Å². The number of nitrogens with zero attached hydrogens (tertiary/aromatic N) is 1. The van der Waals surface area contributed by atoms with Gasteiger partial charge in [0.1, 0.15) is 5.75 Å². The molecule has 0 bridgehead atoms. The Morgan fingerprint density at radius 1 is 1.29 bits per heavy atom. The number of benzene rings is 1. The monoisotopic (exact) mass is 331 g/mol. The minimum Gasteiger partial charge on any atom is -0.494 e. The molecule has 2 aliphatic rings. The largest absolute Gasteiger partial charge is 0.494 e. The van der Waals surface area contributed by atoms with Crippen molar-refractivity contribution in [2.45, 2.75) is 57.9 Å². The molecule has 1 aliphatic carbocycles. The van der Waals surface area contributed by atoms with Gasteiger partial charge in [0, 0.05) is 19.1 Å². The van der Waals surface area contributed by atoms with E-state index in [1.165, 1.54) is 36.9 Å². The SMILES string of the molecule is CCC(CCOc1ccc2c(c1)CCN(C1CCC1)CC2)C(=O)O. The van der Waals surface area contributed by atoms with Crippen LogP contribution < -0.4 is 4.74 Å². The van der Waals surface area contributed by atoms with Crippen LogP contribution in [-0.2, 0) is 17.6 Å². The lowest BCUT2D eigenvalue weighted by atomic mass is 9.91. The van der Waals surface area contributed by atoms with Gasteiger partial charge in [-0.15, -0.1) is 0 Å². The van der Waals surface area contributed by atoms with Crippen molar-refractivity contribution in [3.05, 3.63) is 29.3 Å². The van der Waals surface area contributed by atoms with Crippen molar-refractivity contribution in [3.63, 3.8) is 0 Å². The van der Waals surface area contributed by atoms with Crippen LogP contribution in [0, 0.1) is 5.92 Å². The smallest absolute Gasteiger partial charge is 0.306 e. The van der Waals surface area contributed by atoms with Gasteiger partial charge in [-0.1, -0.05) is 19.4 Å². The van der Waals surface area contributed by atoms with E-state index in [1.807, 2.05) is 13.0 Å². The summed E-state index contributed by atoms with van der Waals surface area (Å²) in [6.45, 7) is 4.71. The van der Waals surface area contributed by atoms with E-state index in [2.05, 4.69) is 17.0 Å². The molecule has 1 N–H and O–H groups in total. The third-order valence-corrected chi connectivity index (χ3v) is 5.68. The summed E-state index contributed by atoms with van der Waals surface area (Å²) in [6, 6.07) is 7.22. The number of ether oxygens (including phenoxy) is 1. The molecular weight excluding hydrogens is 302 g/mol. The standard InChI is InChI=1S/C20H29NO3/c1-2-15(20(22)23)10-13-24-19-7-6-16-8-11-21(18-4-3-5-18)12-9-17(16)14-19/h6-7,14-15,18H,2-5,8-13H2,1H3,(H,22,23). The average Bonchev–Trinajstić information content (AvgIpc) is 2.72. The number of carboxylic acids is 1. The second kappa shape index (κ2) is 8.02. The van der Waals surface area contributed by atoms with Crippen molar-refractivity contribution < 1.29 is 14.6 Å². The molecule has 1 aliphatic heterocycles. The van der Waals surface area contributed by atoms with E-state index in [0.717, 1.165) is 31.2 Å². The highest BCUT2D eigenvalue weighted by atomic mass is 16.5. The molecule has 0 radical (unpaired) electrons. The molecule has 1 atom stereocenters. The van der Waals surface area contributed by atoms with Gasteiger partial charge in [0.25, 0.3) is 0 Å². The van der Waals surface area contributed by atoms with Gasteiger partial charge in [-0.2, -0.15) is 0 Å². The molecular formula is C20H29NO3. The molecule has 132 valence electrons. The van der Waals surface area contributed by atoms with Crippen LogP contribution in [0.3, 0.4) is 0 Å². The molecule has 1 saturated carbocycles. The summed E-state index contributed by atoms with van der Waals surface area (Å²) in [4.78, 5) is 13.7. The van der Waals surface area contributed by atoms with Crippen molar-refractivity contribution >= 4 is 5.97 Å². The molecule has 0 saturated heterocycles. The zero-order valence-electron chi connectivity index (χ0n) is 14.7. The molecule has 1 aromatic rings. The second-order valence-electron chi connectivity index (χ2n) is 7.13. The number of rotatable bonds is 7. The van der Waals surface area contributed by atoms with E-state index in [4.69, 9.17) is 9.84 Å². The Morgan fingerprint density at radius 2 is 2.04 bits per heavy atom. The van der Waals surface area contributed by atoms with Crippen LogP contribution in [0.1, 0.15) is 50.2 Å². The maximum atomic E-state index is 11.1. The number of fused-ring (bicyclic) bond motifs is 1. The normalized spacial score (nSPS) is 19.9. The zero-order valence-corrected chi connectivity index (χ0v) is 14.7. The van der Waals surface area contributed by atoms with Crippen molar-refractivity contribution in [2.75, 3.05) is 19.7 Å². The fourth-order valence-electron chi connectivity index (χ4n) is 3.75. The van der Waals surface area contributed by atoms with Gasteiger partial charge in [-0.05, 0) is 61.8 Å². The summed E-state index contributed by atoms with van der Waals surface area (Å²) in [5.41, 5.74) is 2.85. The van der Waals surface area contributed by atoms with Gasteiger partial charge in [0.05, 0.1) is 12.5 Å². The van der Waals surface area contributed by atoms with E-state index in [-0.39, 0.29) is 5.92 Å². The lowest BCUT2D eigenvalue weighted by molar-refractivity contribution is -0.142. The summed E-state index contributed by atoms with van der Waals surface area (Å²) in [5.74, 6) is -0.146. The summed E-state index contributed by atoms with van der Waals surface area (Å²) in [7, 11) is 0. The first-order valence-electron chi connectivity index (χ1n) is 9.39. The first-order chi connectivity index (χ1) is 11.7. The predicted molar refractivity (Wildman–Crippen MR) is 94.6 cm³/mol. The van der Waals surface area contributed by atoms with E-state index in [0.29, 0.717) is 19.4 Å². The predicted octanol–water partition coefficient (Wildman–Crippen LogP) is 3.52. The van der Waals surface area contributed by atoms with E-state index < -0.39 is 5.97 Å². The Hall–Kier alpha value is -1.55. The number of carbonyl (C=O) groups is 1. The maximum absolute atomic E-state index is 11.1. The molecule has 0 aromatic heterocycles. The van der Waals surface area contributed by atoms with E-state index >= 15 is 0 Å². The van der Waals surface area contributed by atoms with Crippen molar-refractivity contribution in [2.24, 2.45) is 5.92 Å². The lowest BCUT2D eigenvalue weighted by Crippen LogP contribution is -2.41. The van der Waals surface area contributed by atoms with Crippen LogP contribution in [0.25, 0.3) is 0 Å². The highest BCUT2D eigenvalue weighted by molar-refractivity contribution is 5.69. The van der Waals surface area contributed by atoms with Gasteiger partial charge in [0.15, 0.2) is 0 Å². The fraction of sp³-hybridized carbons (Fsp3) is 0.650. The average molecular weight is 331 g/mol. The zero-order chi connectivity index (χ0) is 16.9. The summed E-state index contributed by atoms with van der Waals surface area (Å²) < 4.78 is 5.83. The molecule has 1 fully saturated rings. The third-order valence-electron chi connectivity index (χ3n) is 5.68. The van der Waals surface area contributed by atoms with Crippen molar-refractivity contribution in [1.29, 1.82) is 0 Å². The van der Waals surface area contributed by atoms with Gasteiger partial charge >= 0.3 is 5.97 Å². The highest BCUT2D eigenvalue weighted by Crippen LogP contribution is 2.28. The summed E-state index contributed by atoms with van der Waals surface area (Å²) in [6.07, 6.45) is 7.57. The second-order valence-corrected chi connectivity index (χ2v) is 7.13. The number of aliphatic carboxylic acids is 1. The Morgan fingerprint density at radius 3 is 2.67 bits per heavy atom. The molecule has 4 nitrogen and oxygen atoms in total. The molecule has 0 amide bonds. The molecule has 0 spiro atoms. The Bertz CT molecular complexity index is 568. The highest BCUT2D eigenvalue weighted by Gasteiger charge is 2.26. The van der Waals surface area contributed by atoms with E-state index in [9.17, 15) is 4.79 Å². The molecule has 1 heterocycles. The minimum atomic E-state index is -0.723. The van der Waals surface area contributed by atoms with Gasteiger partial charge in [0.2, 0.25) is 0 Å². The Balaban J connectivity index is 1.54. The maximum Gasteiger partial charge on any atom is 0.306 e.